The van der Waals surface area contributed by atoms with Gasteiger partial charge in [0.15, 0.2) is 5.78 Å². The second kappa shape index (κ2) is 6.40. The molecule has 0 radical (unpaired) electrons. The molecule has 0 atom stereocenters. The van der Waals surface area contributed by atoms with E-state index in [4.69, 9.17) is 5.11 Å². The number of benzene rings is 1. The molecular formula is C18H16F3NO5. The second-order valence-electron chi connectivity index (χ2n) is 6.63. The second-order valence-corrected chi connectivity index (χ2v) is 6.63. The van der Waals surface area contributed by atoms with E-state index < -0.39 is 53.2 Å². The maximum absolute atomic E-state index is 13.4. The van der Waals surface area contributed by atoms with Gasteiger partial charge in [0.1, 0.15) is 11.3 Å². The van der Waals surface area contributed by atoms with Crippen molar-refractivity contribution in [3.05, 3.63) is 39.2 Å². The number of carbonyl (C=O) groups excluding carboxylic acids is 1. The van der Waals surface area contributed by atoms with Crippen LogP contribution in [0.4, 0.5) is 13.2 Å². The van der Waals surface area contributed by atoms with E-state index in [1.807, 2.05) is 0 Å². The third kappa shape index (κ3) is 3.41. The lowest BCUT2D eigenvalue weighted by Gasteiger charge is -2.17. The predicted molar refractivity (Wildman–Crippen MR) is 89.0 cm³/mol. The number of carboxylic acids is 1. The molecule has 0 bridgehead atoms. The third-order valence-electron chi connectivity index (χ3n) is 4.71. The van der Waals surface area contributed by atoms with Crippen molar-refractivity contribution in [2.24, 2.45) is 7.05 Å². The minimum absolute atomic E-state index is 0.0212. The van der Waals surface area contributed by atoms with E-state index in [-0.39, 0.29) is 22.4 Å². The maximum Gasteiger partial charge on any atom is 0.416 e. The van der Waals surface area contributed by atoms with Crippen molar-refractivity contribution < 1.29 is 33.0 Å². The number of pyridine rings is 1. The number of carbonyl (C=O) groups is 2. The van der Waals surface area contributed by atoms with Crippen LogP contribution in [0.1, 0.15) is 53.1 Å². The minimum Gasteiger partial charge on any atom is -0.506 e. The monoisotopic (exact) mass is 383 g/mol. The van der Waals surface area contributed by atoms with E-state index in [9.17, 15) is 32.7 Å². The zero-order valence-corrected chi connectivity index (χ0v) is 14.3. The molecule has 0 aliphatic heterocycles. The van der Waals surface area contributed by atoms with Crippen molar-refractivity contribution in [2.45, 2.75) is 37.8 Å². The molecule has 9 heteroatoms. The number of nitrogens with zero attached hydrogens (tertiary/aromatic N) is 1. The molecule has 1 heterocycles. The Morgan fingerprint density at radius 2 is 1.85 bits per heavy atom. The fraction of sp³-hybridized carbons (Fsp3) is 0.389. The summed E-state index contributed by atoms with van der Waals surface area (Å²) in [5.41, 5.74) is -2.57. The van der Waals surface area contributed by atoms with Gasteiger partial charge in [-0.05, 0) is 36.5 Å². The van der Waals surface area contributed by atoms with Gasteiger partial charge in [0.05, 0.1) is 17.5 Å². The van der Waals surface area contributed by atoms with Gasteiger partial charge in [-0.3, -0.25) is 14.4 Å². The molecule has 6 nitrogen and oxygen atoms in total. The molecule has 1 aliphatic rings. The van der Waals surface area contributed by atoms with Gasteiger partial charge in [-0.2, -0.15) is 13.2 Å². The standard InChI is InChI=1S/C18H16F3NO5/c1-22-12-7-11(18(19,20)21)9(8-2-3-8)6-10(12)16(26)15(17(22)27)13(23)4-5-14(24)25/h6-8,26H,2-5H2,1H3,(H,24,25). The van der Waals surface area contributed by atoms with Crippen molar-refractivity contribution in [1.29, 1.82) is 0 Å². The summed E-state index contributed by atoms with van der Waals surface area (Å²) < 4.78 is 41.1. The first-order chi connectivity index (χ1) is 12.5. The van der Waals surface area contributed by atoms with Crippen LogP contribution >= 0.6 is 0 Å². The number of rotatable bonds is 5. The highest BCUT2D eigenvalue weighted by Crippen LogP contribution is 2.47. The van der Waals surface area contributed by atoms with E-state index >= 15 is 0 Å². The van der Waals surface area contributed by atoms with Crippen LogP contribution < -0.4 is 5.56 Å². The lowest BCUT2D eigenvalue weighted by atomic mass is 9.96. The molecule has 0 spiro atoms. The molecule has 1 aliphatic carbocycles. The van der Waals surface area contributed by atoms with Crippen LogP contribution in [0.15, 0.2) is 16.9 Å². The number of ketones is 1. The highest BCUT2D eigenvalue weighted by molar-refractivity contribution is 6.04. The van der Waals surface area contributed by atoms with Crippen molar-refractivity contribution >= 4 is 22.7 Å². The van der Waals surface area contributed by atoms with E-state index in [0.717, 1.165) is 10.6 Å². The Hall–Kier alpha value is -2.84. The molecule has 144 valence electrons. The largest absolute Gasteiger partial charge is 0.506 e. The van der Waals surface area contributed by atoms with E-state index in [0.29, 0.717) is 12.8 Å². The van der Waals surface area contributed by atoms with Crippen LogP contribution in [0.3, 0.4) is 0 Å². The molecule has 3 rings (SSSR count). The highest BCUT2D eigenvalue weighted by atomic mass is 19.4. The summed E-state index contributed by atoms with van der Waals surface area (Å²) in [4.78, 5) is 35.3. The van der Waals surface area contributed by atoms with Gasteiger partial charge in [-0.15, -0.1) is 0 Å². The average Bonchev–Trinajstić information content (AvgIpc) is 3.41. The van der Waals surface area contributed by atoms with Gasteiger partial charge in [0.2, 0.25) is 0 Å². The van der Waals surface area contributed by atoms with Crippen LogP contribution in [0.25, 0.3) is 10.9 Å². The fourth-order valence-corrected chi connectivity index (χ4v) is 3.16. The Morgan fingerprint density at radius 3 is 2.37 bits per heavy atom. The molecule has 1 aromatic carbocycles. The Morgan fingerprint density at radius 1 is 1.22 bits per heavy atom. The lowest BCUT2D eigenvalue weighted by Crippen LogP contribution is -2.25. The van der Waals surface area contributed by atoms with Crippen LogP contribution in [-0.2, 0) is 18.0 Å². The normalized spacial score (nSPS) is 14.5. The zero-order valence-electron chi connectivity index (χ0n) is 14.3. The topological polar surface area (TPSA) is 96.6 Å². The summed E-state index contributed by atoms with van der Waals surface area (Å²) in [6.07, 6.45) is -4.47. The van der Waals surface area contributed by atoms with Crippen LogP contribution in [-0.4, -0.2) is 26.5 Å². The number of aromatic nitrogens is 1. The molecular weight excluding hydrogens is 367 g/mol. The van der Waals surface area contributed by atoms with Crippen molar-refractivity contribution in [2.75, 3.05) is 0 Å². The number of hydrogen-bond acceptors (Lipinski definition) is 4. The van der Waals surface area contributed by atoms with Crippen LogP contribution in [0.2, 0.25) is 0 Å². The number of carboxylic acid groups (broad SMARTS) is 1. The van der Waals surface area contributed by atoms with E-state index in [1.54, 1.807) is 0 Å². The number of Topliss-reactive ketones (excluding diaryl/α,β-unsaturated/α-hetero) is 1. The number of fused-ring (bicyclic) bond motifs is 1. The molecule has 0 amide bonds. The van der Waals surface area contributed by atoms with E-state index in [2.05, 4.69) is 0 Å². The molecule has 0 unspecified atom stereocenters. The van der Waals surface area contributed by atoms with Crippen LogP contribution in [0.5, 0.6) is 5.75 Å². The fourth-order valence-electron chi connectivity index (χ4n) is 3.16. The zero-order chi connectivity index (χ0) is 20.1. The number of aromatic hydroxyl groups is 1. The summed E-state index contributed by atoms with van der Waals surface area (Å²) in [5, 5.41) is 19.1. The maximum atomic E-state index is 13.4. The predicted octanol–water partition coefficient (Wildman–Crippen LogP) is 3.19. The van der Waals surface area contributed by atoms with Gasteiger partial charge in [-0.1, -0.05) is 0 Å². The highest BCUT2D eigenvalue weighted by Gasteiger charge is 2.39. The summed E-state index contributed by atoms with van der Waals surface area (Å²) in [6, 6.07) is 1.99. The molecule has 2 aromatic rings. The van der Waals surface area contributed by atoms with Gasteiger partial charge in [0.25, 0.3) is 5.56 Å². The number of halogens is 3. The Bertz CT molecular complexity index is 1020. The summed E-state index contributed by atoms with van der Waals surface area (Å²) >= 11 is 0. The molecule has 1 aromatic heterocycles. The number of aliphatic carboxylic acids is 1. The van der Waals surface area contributed by atoms with Crippen molar-refractivity contribution in [1.82, 2.24) is 4.57 Å². The van der Waals surface area contributed by atoms with E-state index in [1.165, 1.54) is 13.1 Å². The summed E-state index contributed by atoms with van der Waals surface area (Å²) in [6.45, 7) is 0. The number of hydrogen-bond donors (Lipinski definition) is 2. The Kier molecular flexibility index (Phi) is 4.49. The van der Waals surface area contributed by atoms with Gasteiger partial charge >= 0.3 is 12.1 Å². The molecule has 0 saturated heterocycles. The van der Waals surface area contributed by atoms with Gasteiger partial charge in [0, 0.05) is 18.9 Å². The first-order valence-corrected chi connectivity index (χ1v) is 8.24. The summed E-state index contributed by atoms with van der Waals surface area (Å²) in [7, 11) is 1.20. The first-order valence-electron chi connectivity index (χ1n) is 8.24. The molecule has 2 N–H and O–H groups in total. The first kappa shape index (κ1) is 18.9. The number of aryl methyl sites for hydroxylation is 1. The number of alkyl halides is 3. The SMILES string of the molecule is Cn1c(=O)c(C(=O)CCC(=O)O)c(O)c2cc(C3CC3)c(C(F)(F)F)cc21. The third-order valence-corrected chi connectivity index (χ3v) is 4.71. The Balaban J connectivity index is 2.26. The lowest BCUT2D eigenvalue weighted by molar-refractivity contribution is -0.138. The summed E-state index contributed by atoms with van der Waals surface area (Å²) in [5.74, 6) is -3.11. The van der Waals surface area contributed by atoms with Gasteiger partial charge in [-0.25, -0.2) is 0 Å². The average molecular weight is 383 g/mol. The molecule has 27 heavy (non-hydrogen) atoms. The van der Waals surface area contributed by atoms with Crippen LogP contribution in [0, 0.1) is 0 Å². The Labute approximate surface area is 150 Å². The molecule has 1 fully saturated rings. The van der Waals surface area contributed by atoms with Gasteiger partial charge < -0.3 is 14.8 Å². The van der Waals surface area contributed by atoms with Crippen molar-refractivity contribution in [3.63, 3.8) is 0 Å². The smallest absolute Gasteiger partial charge is 0.416 e. The van der Waals surface area contributed by atoms with Crippen molar-refractivity contribution in [3.8, 4) is 5.75 Å². The quantitative estimate of drug-likeness (QED) is 0.773. The minimum atomic E-state index is -4.62. The molecule has 1 saturated carbocycles.